The fourth-order valence-electron chi connectivity index (χ4n) is 3.97. The number of ether oxygens (including phenoxy) is 2. The molecular formula is C27H23N3O4S2. The van der Waals surface area contributed by atoms with Gasteiger partial charge in [-0.25, -0.2) is 9.78 Å². The zero-order valence-electron chi connectivity index (χ0n) is 19.8. The molecule has 0 unspecified atom stereocenters. The van der Waals surface area contributed by atoms with Crippen molar-refractivity contribution in [3.63, 3.8) is 0 Å². The molecule has 1 amide bonds. The summed E-state index contributed by atoms with van der Waals surface area (Å²) in [5.74, 6) is -0.763. The van der Waals surface area contributed by atoms with Gasteiger partial charge in [0.2, 0.25) is 0 Å². The zero-order chi connectivity index (χ0) is 25.1. The zero-order valence-corrected chi connectivity index (χ0v) is 21.4. The van der Waals surface area contributed by atoms with Crippen LogP contribution in [0.3, 0.4) is 0 Å². The maximum atomic E-state index is 13.6. The van der Waals surface area contributed by atoms with Crippen molar-refractivity contribution in [2.75, 3.05) is 20.3 Å². The van der Waals surface area contributed by atoms with Gasteiger partial charge in [0.25, 0.3) is 5.91 Å². The number of thiazole rings is 1. The van der Waals surface area contributed by atoms with Crippen LogP contribution in [-0.2, 0) is 16.0 Å². The normalized spacial score (nSPS) is 11.9. The van der Waals surface area contributed by atoms with Crippen molar-refractivity contribution in [1.29, 1.82) is 0 Å². The molecule has 5 rings (SSSR count). The Balaban J connectivity index is 1.65. The number of thiophene rings is 1. The van der Waals surface area contributed by atoms with Gasteiger partial charge in [-0.15, -0.1) is 11.3 Å². The number of hydrogen-bond donors (Lipinski definition) is 0. The Morgan fingerprint density at radius 1 is 1.08 bits per heavy atom. The van der Waals surface area contributed by atoms with Crippen LogP contribution in [0.15, 0.2) is 71.0 Å². The van der Waals surface area contributed by atoms with Crippen molar-refractivity contribution >= 4 is 55.7 Å². The number of benzene rings is 2. The van der Waals surface area contributed by atoms with E-state index in [1.54, 1.807) is 23.5 Å². The minimum Gasteiger partial charge on any atom is -0.465 e. The highest BCUT2D eigenvalue weighted by Gasteiger charge is 2.16. The lowest BCUT2D eigenvalue weighted by atomic mass is 10.1. The van der Waals surface area contributed by atoms with E-state index in [2.05, 4.69) is 4.99 Å². The monoisotopic (exact) mass is 517 g/mol. The van der Waals surface area contributed by atoms with E-state index in [0.717, 1.165) is 31.7 Å². The second-order valence-corrected chi connectivity index (χ2v) is 9.83. The minimum absolute atomic E-state index is 0.351. The van der Waals surface area contributed by atoms with E-state index in [9.17, 15) is 9.59 Å². The smallest absolute Gasteiger partial charge is 0.337 e. The summed E-state index contributed by atoms with van der Waals surface area (Å²) in [6, 6.07) is 18.7. The van der Waals surface area contributed by atoms with Crippen LogP contribution in [0, 0.1) is 0 Å². The minimum atomic E-state index is -0.412. The summed E-state index contributed by atoms with van der Waals surface area (Å²) in [5, 5.41) is 2.74. The lowest BCUT2D eigenvalue weighted by molar-refractivity contribution is 0.0600. The first kappa shape index (κ1) is 24.1. The van der Waals surface area contributed by atoms with Gasteiger partial charge in [0, 0.05) is 18.5 Å². The van der Waals surface area contributed by atoms with Crippen molar-refractivity contribution in [2.24, 2.45) is 4.99 Å². The first-order valence-electron chi connectivity index (χ1n) is 11.4. The van der Waals surface area contributed by atoms with E-state index in [1.165, 1.54) is 18.4 Å². The van der Waals surface area contributed by atoms with Gasteiger partial charge in [-0.3, -0.25) is 4.79 Å². The maximum Gasteiger partial charge on any atom is 0.337 e. The molecule has 3 aromatic heterocycles. The molecular weight excluding hydrogens is 494 g/mol. The highest BCUT2D eigenvalue weighted by atomic mass is 32.1. The third kappa shape index (κ3) is 4.73. The van der Waals surface area contributed by atoms with Crippen molar-refractivity contribution in [3.05, 3.63) is 82.0 Å². The third-order valence-electron chi connectivity index (χ3n) is 5.68. The molecule has 0 saturated heterocycles. The number of carbonyl (C=O) groups is 2. The molecule has 7 nitrogen and oxygen atoms in total. The van der Waals surface area contributed by atoms with Gasteiger partial charge in [0.1, 0.15) is 0 Å². The highest BCUT2D eigenvalue weighted by Crippen LogP contribution is 2.28. The predicted molar refractivity (Wildman–Crippen MR) is 143 cm³/mol. The lowest BCUT2D eigenvalue weighted by Crippen LogP contribution is -2.20. The molecule has 36 heavy (non-hydrogen) atoms. The summed E-state index contributed by atoms with van der Waals surface area (Å²) >= 11 is 2.93. The number of rotatable bonds is 7. The van der Waals surface area contributed by atoms with Crippen molar-refractivity contribution in [3.8, 4) is 10.6 Å². The van der Waals surface area contributed by atoms with Crippen LogP contribution >= 0.6 is 22.7 Å². The molecule has 0 atom stereocenters. The molecule has 0 fully saturated rings. The van der Waals surface area contributed by atoms with Crippen LogP contribution in [0.25, 0.3) is 31.7 Å². The summed E-state index contributed by atoms with van der Waals surface area (Å²) < 4.78 is 13.2. The average Bonchev–Trinajstić information content (AvgIpc) is 3.56. The molecule has 0 aliphatic carbocycles. The Morgan fingerprint density at radius 2 is 1.94 bits per heavy atom. The molecule has 182 valence electrons. The number of carbonyl (C=O) groups excluding carboxylic acids is 2. The molecule has 9 heteroatoms. The van der Waals surface area contributed by atoms with E-state index in [4.69, 9.17) is 14.5 Å². The number of amides is 1. The Kier molecular flexibility index (Phi) is 7.04. The first-order valence-corrected chi connectivity index (χ1v) is 13.1. The molecule has 5 aromatic rings. The van der Waals surface area contributed by atoms with Gasteiger partial charge in [0.15, 0.2) is 4.80 Å². The standard InChI is InChI=1S/C27H23N3O4S2/c1-3-34-13-12-30-22-11-10-17(26(32)33-2)15-24(22)36-27(30)29-25(31)19-16-21(23-9-6-14-35-23)28-20-8-5-4-7-18(19)20/h4-11,14-16H,3,12-13H2,1-2H3. The summed E-state index contributed by atoms with van der Waals surface area (Å²) in [6.45, 7) is 3.53. The number of pyridine rings is 1. The third-order valence-corrected chi connectivity index (χ3v) is 7.62. The number of para-hydroxylation sites is 1. The first-order chi connectivity index (χ1) is 17.6. The summed E-state index contributed by atoms with van der Waals surface area (Å²) in [4.78, 5) is 36.5. The van der Waals surface area contributed by atoms with Crippen LogP contribution in [0.2, 0.25) is 0 Å². The van der Waals surface area contributed by atoms with Crippen molar-refractivity contribution in [1.82, 2.24) is 9.55 Å². The van der Waals surface area contributed by atoms with Gasteiger partial charge >= 0.3 is 5.97 Å². The van der Waals surface area contributed by atoms with Crippen LogP contribution in [-0.4, -0.2) is 41.8 Å². The van der Waals surface area contributed by atoms with E-state index in [-0.39, 0.29) is 5.91 Å². The highest BCUT2D eigenvalue weighted by molar-refractivity contribution is 7.16. The summed E-state index contributed by atoms with van der Waals surface area (Å²) in [5.41, 5.74) is 3.29. The molecule has 3 heterocycles. The second-order valence-electron chi connectivity index (χ2n) is 7.87. The fraction of sp³-hybridized carbons (Fsp3) is 0.185. The summed E-state index contributed by atoms with van der Waals surface area (Å²) in [6.07, 6.45) is 0. The van der Waals surface area contributed by atoms with E-state index in [1.807, 2.05) is 65.4 Å². The maximum absolute atomic E-state index is 13.6. The van der Waals surface area contributed by atoms with E-state index in [0.29, 0.717) is 35.7 Å². The largest absolute Gasteiger partial charge is 0.465 e. The number of aromatic nitrogens is 2. The molecule has 0 saturated carbocycles. The number of nitrogens with zero attached hydrogens (tertiary/aromatic N) is 3. The molecule has 0 bridgehead atoms. The predicted octanol–water partition coefficient (Wildman–Crippen LogP) is 5.54. The molecule has 0 N–H and O–H groups in total. The molecule has 0 aliphatic heterocycles. The Bertz CT molecular complexity index is 1630. The fourth-order valence-corrected chi connectivity index (χ4v) is 5.75. The van der Waals surface area contributed by atoms with E-state index < -0.39 is 5.97 Å². The SMILES string of the molecule is CCOCCn1c(=NC(=O)c2cc(-c3cccs3)nc3ccccc23)sc2cc(C(=O)OC)ccc21. The topological polar surface area (TPSA) is 82.8 Å². The van der Waals surface area contributed by atoms with Gasteiger partial charge < -0.3 is 14.0 Å². The Hall–Kier alpha value is -3.66. The van der Waals surface area contributed by atoms with Gasteiger partial charge in [-0.05, 0) is 48.7 Å². The van der Waals surface area contributed by atoms with Crippen LogP contribution in [0.1, 0.15) is 27.6 Å². The summed E-state index contributed by atoms with van der Waals surface area (Å²) in [7, 11) is 1.35. The lowest BCUT2D eigenvalue weighted by Gasteiger charge is -2.07. The number of hydrogen-bond acceptors (Lipinski definition) is 7. The van der Waals surface area contributed by atoms with E-state index >= 15 is 0 Å². The molecule has 0 radical (unpaired) electrons. The number of esters is 1. The van der Waals surface area contributed by atoms with Crippen molar-refractivity contribution < 1.29 is 19.1 Å². The van der Waals surface area contributed by atoms with Gasteiger partial charge in [0.05, 0.1) is 51.1 Å². The van der Waals surface area contributed by atoms with Crippen LogP contribution < -0.4 is 4.80 Å². The van der Waals surface area contributed by atoms with Crippen LogP contribution in [0.5, 0.6) is 0 Å². The van der Waals surface area contributed by atoms with Gasteiger partial charge in [-0.2, -0.15) is 4.99 Å². The Morgan fingerprint density at radius 3 is 2.72 bits per heavy atom. The quantitative estimate of drug-likeness (QED) is 0.209. The molecule has 0 aliphatic rings. The number of fused-ring (bicyclic) bond motifs is 2. The van der Waals surface area contributed by atoms with Crippen LogP contribution in [0.4, 0.5) is 0 Å². The average molecular weight is 518 g/mol. The molecule has 2 aromatic carbocycles. The second kappa shape index (κ2) is 10.5. The molecule has 0 spiro atoms. The van der Waals surface area contributed by atoms with Crippen molar-refractivity contribution in [2.45, 2.75) is 13.5 Å². The van der Waals surface area contributed by atoms with Gasteiger partial charge in [-0.1, -0.05) is 35.6 Å². The Labute approximate surface area is 215 Å². The number of methoxy groups -OCH3 is 1.